The molecule has 5 atom stereocenters. The van der Waals surface area contributed by atoms with E-state index in [2.05, 4.69) is 4.90 Å². The van der Waals surface area contributed by atoms with Gasteiger partial charge in [-0.25, -0.2) is 0 Å². The Hall–Kier alpha value is -2.74. The van der Waals surface area contributed by atoms with Crippen LogP contribution in [0.1, 0.15) is 36.2 Å². The molecule has 11 nitrogen and oxygen atoms in total. The van der Waals surface area contributed by atoms with E-state index < -0.39 is 30.4 Å². The van der Waals surface area contributed by atoms with Crippen molar-refractivity contribution in [3.05, 3.63) is 59.7 Å². The van der Waals surface area contributed by atoms with Crippen LogP contribution >= 0.6 is 12.4 Å². The number of benzene rings is 2. The number of ketones is 1. The Bertz CT molecular complexity index is 1180. The molecule has 0 radical (unpaired) electrons. The van der Waals surface area contributed by atoms with Crippen molar-refractivity contribution in [1.29, 1.82) is 0 Å². The first kappa shape index (κ1) is 36.5. The molecule has 2 saturated heterocycles. The highest BCUT2D eigenvalue weighted by atomic mass is 35.5. The number of hydrogen-bond acceptors (Lipinski definition) is 11. The lowest BCUT2D eigenvalue weighted by Gasteiger charge is -2.28. The number of halogens is 1. The number of allylic oxidation sites excluding steroid dienone is 1. The highest BCUT2D eigenvalue weighted by Gasteiger charge is 2.56. The molecule has 2 aliphatic heterocycles. The number of rotatable bonds is 12. The first-order valence-corrected chi connectivity index (χ1v) is 13.8. The van der Waals surface area contributed by atoms with Gasteiger partial charge >= 0.3 is 0 Å². The summed E-state index contributed by atoms with van der Waals surface area (Å²) in [6, 6.07) is 12.4. The standard InChI is InChI=1S/C17H16O4.C14H27NO6.ClH/c1-20-13-10-15(19)17(16(11-13)21-2)14(18)9-8-12-6-4-3-5-7-12;1-14(2)20-12-11(18-7-5-6-15(3)4)10(9(17)8-16)19-13(12)21-14;/h3-11,19H,1-2H3;9-13,16-17H,5-8H2,1-4H3;1H. The molecule has 3 N–H and O–H groups in total. The first-order chi connectivity index (χ1) is 20.0. The summed E-state index contributed by atoms with van der Waals surface area (Å²) in [5.41, 5.74) is 1.02. The van der Waals surface area contributed by atoms with Gasteiger partial charge in [-0.2, -0.15) is 0 Å². The minimum Gasteiger partial charge on any atom is -0.507 e. The van der Waals surface area contributed by atoms with Gasteiger partial charge in [0, 0.05) is 18.7 Å². The average Bonchev–Trinajstić information content (AvgIpc) is 3.45. The number of carbonyl (C=O) groups excluding carboxylic acids is 1. The SMILES string of the molecule is CN(C)CCCOC1C(C(O)CO)OC2OC(C)(C)OC21.COc1cc(O)c(C(=O)C=Cc2ccccc2)c(OC)c1.Cl. The van der Waals surface area contributed by atoms with Crippen molar-refractivity contribution in [2.45, 2.75) is 56.8 Å². The Morgan fingerprint density at radius 2 is 1.81 bits per heavy atom. The Kier molecular flexibility index (Phi) is 14.4. The van der Waals surface area contributed by atoms with E-state index in [4.69, 9.17) is 33.5 Å². The van der Waals surface area contributed by atoms with Crippen LogP contribution in [0, 0.1) is 0 Å². The van der Waals surface area contributed by atoms with E-state index in [1.165, 1.54) is 26.4 Å². The molecular weight excluding hydrogens is 582 g/mol. The van der Waals surface area contributed by atoms with E-state index in [0.29, 0.717) is 12.4 Å². The molecule has 5 unspecified atom stereocenters. The normalized spacial score (nSPS) is 22.8. The predicted octanol–water partition coefficient (Wildman–Crippen LogP) is 3.28. The van der Waals surface area contributed by atoms with Gasteiger partial charge in [0.2, 0.25) is 0 Å². The number of ether oxygens (including phenoxy) is 6. The number of phenolic OH excluding ortho intramolecular Hbond substituents is 1. The zero-order chi connectivity index (χ0) is 30.9. The molecular formula is C31H44ClNO10. The van der Waals surface area contributed by atoms with Gasteiger partial charge in [-0.05, 0) is 52.5 Å². The second kappa shape index (κ2) is 16.9. The van der Waals surface area contributed by atoms with Gasteiger partial charge in [0.25, 0.3) is 0 Å². The number of aliphatic hydroxyl groups is 2. The summed E-state index contributed by atoms with van der Waals surface area (Å²) in [7, 11) is 6.92. The number of fused-ring (bicyclic) bond motifs is 1. The molecule has 0 spiro atoms. The maximum atomic E-state index is 12.3. The fraction of sp³-hybridized carbons (Fsp3) is 0.516. The molecule has 2 aromatic rings. The van der Waals surface area contributed by atoms with Crippen molar-refractivity contribution >= 4 is 24.3 Å². The molecule has 2 aliphatic rings. The molecule has 0 aliphatic carbocycles. The van der Waals surface area contributed by atoms with E-state index in [1.54, 1.807) is 12.1 Å². The predicted molar refractivity (Wildman–Crippen MR) is 163 cm³/mol. The summed E-state index contributed by atoms with van der Waals surface area (Å²) in [4.78, 5) is 14.3. The second-order valence-electron chi connectivity index (χ2n) is 10.6. The zero-order valence-corrected chi connectivity index (χ0v) is 26.3. The van der Waals surface area contributed by atoms with Gasteiger partial charge < -0.3 is 48.6 Å². The van der Waals surface area contributed by atoms with Crippen LogP contribution in [0.3, 0.4) is 0 Å². The van der Waals surface area contributed by atoms with E-state index in [-0.39, 0.29) is 48.0 Å². The summed E-state index contributed by atoms with van der Waals surface area (Å²) < 4.78 is 33.2. The van der Waals surface area contributed by atoms with Crippen molar-refractivity contribution < 1.29 is 48.5 Å². The molecule has 2 fully saturated rings. The van der Waals surface area contributed by atoms with Crippen molar-refractivity contribution in [2.75, 3.05) is 48.1 Å². The third-order valence-electron chi connectivity index (χ3n) is 6.64. The molecule has 0 bridgehead atoms. The van der Waals surface area contributed by atoms with Crippen LogP contribution in [0.4, 0.5) is 0 Å². The average molecular weight is 626 g/mol. The molecule has 240 valence electrons. The third-order valence-corrected chi connectivity index (χ3v) is 6.64. The van der Waals surface area contributed by atoms with Crippen LogP contribution in [0.15, 0.2) is 48.5 Å². The Morgan fingerprint density at radius 1 is 1.12 bits per heavy atom. The maximum absolute atomic E-state index is 12.3. The summed E-state index contributed by atoms with van der Waals surface area (Å²) in [5.74, 6) is -0.539. The number of hydrogen-bond donors (Lipinski definition) is 3. The van der Waals surface area contributed by atoms with Gasteiger partial charge in [-0.3, -0.25) is 4.79 Å². The minimum atomic E-state index is -1.01. The topological polar surface area (TPSA) is 136 Å². The Balaban J connectivity index is 0.000000293. The van der Waals surface area contributed by atoms with Crippen LogP contribution in [0.25, 0.3) is 6.08 Å². The van der Waals surface area contributed by atoms with Gasteiger partial charge in [-0.15, -0.1) is 12.4 Å². The number of phenols is 1. The number of aliphatic hydroxyl groups excluding tert-OH is 2. The lowest BCUT2D eigenvalue weighted by atomic mass is 10.1. The molecule has 43 heavy (non-hydrogen) atoms. The van der Waals surface area contributed by atoms with E-state index in [0.717, 1.165) is 18.5 Å². The molecule has 0 saturated carbocycles. The summed E-state index contributed by atoms with van der Waals surface area (Å²) in [5, 5.41) is 29.0. The Labute approximate surface area is 259 Å². The van der Waals surface area contributed by atoms with Gasteiger partial charge in [0.05, 0.1) is 20.8 Å². The second-order valence-corrected chi connectivity index (χ2v) is 10.6. The van der Waals surface area contributed by atoms with Crippen LogP contribution < -0.4 is 9.47 Å². The Morgan fingerprint density at radius 3 is 2.42 bits per heavy atom. The highest BCUT2D eigenvalue weighted by molar-refractivity contribution is 6.10. The van der Waals surface area contributed by atoms with E-state index in [1.807, 2.05) is 58.3 Å². The van der Waals surface area contributed by atoms with Gasteiger partial charge in [-0.1, -0.05) is 36.4 Å². The van der Waals surface area contributed by atoms with Crippen molar-refractivity contribution in [3.8, 4) is 17.2 Å². The number of aromatic hydroxyl groups is 1. The summed E-state index contributed by atoms with van der Waals surface area (Å²) in [6.07, 6.45) is 0.916. The maximum Gasteiger partial charge on any atom is 0.193 e. The highest BCUT2D eigenvalue weighted by Crippen LogP contribution is 2.39. The molecule has 4 rings (SSSR count). The fourth-order valence-corrected chi connectivity index (χ4v) is 4.63. The van der Waals surface area contributed by atoms with Crippen LogP contribution in [0.2, 0.25) is 0 Å². The lowest BCUT2D eigenvalue weighted by Crippen LogP contribution is -2.44. The zero-order valence-electron chi connectivity index (χ0n) is 25.5. The van der Waals surface area contributed by atoms with Crippen LogP contribution in [0.5, 0.6) is 17.2 Å². The quantitative estimate of drug-likeness (QED) is 0.182. The molecule has 0 amide bonds. The van der Waals surface area contributed by atoms with Crippen LogP contribution in [-0.4, -0.2) is 111 Å². The number of carbonyl (C=O) groups is 1. The fourth-order valence-electron chi connectivity index (χ4n) is 4.63. The molecule has 0 aromatic heterocycles. The van der Waals surface area contributed by atoms with E-state index >= 15 is 0 Å². The lowest BCUT2D eigenvalue weighted by molar-refractivity contribution is -0.231. The van der Waals surface area contributed by atoms with Gasteiger partial charge in [0.1, 0.15) is 47.2 Å². The third kappa shape index (κ3) is 10.2. The van der Waals surface area contributed by atoms with Crippen LogP contribution in [-0.2, 0) is 18.9 Å². The summed E-state index contributed by atoms with van der Waals surface area (Å²) in [6.45, 7) is 4.70. The molecule has 12 heteroatoms. The first-order valence-electron chi connectivity index (χ1n) is 13.8. The minimum absolute atomic E-state index is 0. The molecule has 2 heterocycles. The van der Waals surface area contributed by atoms with Crippen molar-refractivity contribution in [1.82, 2.24) is 4.90 Å². The largest absolute Gasteiger partial charge is 0.507 e. The summed E-state index contributed by atoms with van der Waals surface area (Å²) >= 11 is 0. The van der Waals surface area contributed by atoms with E-state index in [9.17, 15) is 15.0 Å². The van der Waals surface area contributed by atoms with Crippen molar-refractivity contribution in [3.63, 3.8) is 0 Å². The van der Waals surface area contributed by atoms with Crippen molar-refractivity contribution in [2.24, 2.45) is 0 Å². The number of methoxy groups -OCH3 is 2. The smallest absolute Gasteiger partial charge is 0.193 e. The van der Waals surface area contributed by atoms with Gasteiger partial charge in [0.15, 0.2) is 17.9 Å². The monoisotopic (exact) mass is 625 g/mol. The number of nitrogens with zero attached hydrogens (tertiary/aromatic N) is 1. The molecule has 2 aromatic carbocycles.